The van der Waals surface area contributed by atoms with E-state index in [-0.39, 0.29) is 16.4 Å². The molecule has 1 N–H and O–H groups in total. The largest absolute Gasteiger partial charge is 0.402 e. The quantitative estimate of drug-likeness (QED) is 0.842. The van der Waals surface area contributed by atoms with E-state index >= 15 is 0 Å². The minimum atomic E-state index is -4.67. The predicted octanol–water partition coefficient (Wildman–Crippen LogP) is 1.73. The molecule has 0 unspecified atom stereocenters. The van der Waals surface area contributed by atoms with Crippen LogP contribution in [0.2, 0.25) is 0 Å². The van der Waals surface area contributed by atoms with E-state index in [9.17, 15) is 26.0 Å². The zero-order chi connectivity index (χ0) is 15.6. The molecule has 1 rings (SSSR count). The maximum Gasteiger partial charge on any atom is 0.402 e. The molecule has 0 saturated carbocycles. The van der Waals surface area contributed by atoms with Crippen molar-refractivity contribution < 1.29 is 26.0 Å². The Kier molecular flexibility index (Phi) is 5.11. The molecule has 0 aliphatic rings. The van der Waals surface area contributed by atoms with Crippen LogP contribution in [0, 0.1) is 5.82 Å². The highest BCUT2D eigenvalue weighted by molar-refractivity contribution is 7.89. The smallest absolute Gasteiger partial charge is 0.316 e. The second kappa shape index (κ2) is 6.06. The van der Waals surface area contributed by atoms with Gasteiger partial charge in [0.25, 0.3) is 0 Å². The summed E-state index contributed by atoms with van der Waals surface area (Å²) in [6.45, 7) is -1.54. The van der Waals surface area contributed by atoms with Crippen LogP contribution in [0.1, 0.15) is 5.56 Å². The Bertz CT molecular complexity index is 572. The molecule has 9 heteroatoms. The molecule has 0 amide bonds. The molecule has 0 spiro atoms. The molecular formula is C11H14F4N2O2S. The molecule has 0 radical (unpaired) electrons. The Balaban J connectivity index is 3.23. The van der Waals surface area contributed by atoms with E-state index in [1.54, 1.807) is 7.05 Å². The third-order valence-electron chi connectivity index (χ3n) is 2.49. The number of sulfonamides is 1. The fraction of sp³-hybridized carbons (Fsp3) is 0.455. The SMILES string of the molecule is CNCc1ccc(F)cc1S(=O)(=O)N(C)CC(F)(F)F. The van der Waals surface area contributed by atoms with Gasteiger partial charge in [0.1, 0.15) is 12.4 Å². The van der Waals surface area contributed by atoms with Gasteiger partial charge in [0.2, 0.25) is 10.0 Å². The van der Waals surface area contributed by atoms with E-state index in [2.05, 4.69) is 5.32 Å². The van der Waals surface area contributed by atoms with E-state index in [0.717, 1.165) is 19.2 Å². The maximum absolute atomic E-state index is 13.2. The molecule has 0 aliphatic carbocycles. The van der Waals surface area contributed by atoms with Crippen LogP contribution in [0.5, 0.6) is 0 Å². The summed E-state index contributed by atoms with van der Waals surface area (Å²) in [7, 11) is -2.07. The Labute approximate surface area is 114 Å². The number of nitrogens with zero attached hydrogens (tertiary/aromatic N) is 1. The standard InChI is InChI=1S/C11H14F4N2O2S/c1-16-6-8-3-4-9(12)5-10(8)20(18,19)17(2)7-11(13,14)15/h3-5,16H,6-7H2,1-2H3. The first-order chi connectivity index (χ1) is 9.08. The van der Waals surface area contributed by atoms with Crippen molar-refractivity contribution in [2.45, 2.75) is 17.6 Å². The lowest BCUT2D eigenvalue weighted by Gasteiger charge is -2.20. The Morgan fingerprint density at radius 3 is 2.40 bits per heavy atom. The molecule has 0 atom stereocenters. The van der Waals surface area contributed by atoms with Gasteiger partial charge < -0.3 is 5.32 Å². The minimum absolute atomic E-state index is 0.0920. The van der Waals surface area contributed by atoms with Crippen molar-refractivity contribution in [2.75, 3.05) is 20.6 Å². The molecule has 20 heavy (non-hydrogen) atoms. The second-order valence-corrected chi connectivity index (χ2v) is 6.17. The van der Waals surface area contributed by atoms with Gasteiger partial charge in [-0.05, 0) is 24.7 Å². The fourth-order valence-corrected chi connectivity index (χ4v) is 3.00. The molecule has 114 valence electrons. The van der Waals surface area contributed by atoms with Crippen molar-refractivity contribution in [3.05, 3.63) is 29.6 Å². The lowest BCUT2D eigenvalue weighted by atomic mass is 10.2. The molecule has 0 aromatic heterocycles. The van der Waals surface area contributed by atoms with Crippen molar-refractivity contribution in [3.8, 4) is 0 Å². The van der Waals surface area contributed by atoms with Crippen LogP contribution < -0.4 is 5.32 Å². The van der Waals surface area contributed by atoms with E-state index < -0.39 is 33.5 Å². The van der Waals surface area contributed by atoms with Crippen molar-refractivity contribution in [2.24, 2.45) is 0 Å². The zero-order valence-electron chi connectivity index (χ0n) is 10.8. The first-order valence-electron chi connectivity index (χ1n) is 5.54. The van der Waals surface area contributed by atoms with Gasteiger partial charge in [-0.3, -0.25) is 0 Å². The average molecular weight is 314 g/mol. The molecule has 0 aliphatic heterocycles. The topological polar surface area (TPSA) is 49.4 Å². The first kappa shape index (κ1) is 16.9. The summed E-state index contributed by atoms with van der Waals surface area (Å²) in [5.41, 5.74) is 0.197. The minimum Gasteiger partial charge on any atom is -0.316 e. The van der Waals surface area contributed by atoms with Crippen molar-refractivity contribution in [1.82, 2.24) is 9.62 Å². The van der Waals surface area contributed by atoms with E-state index in [1.165, 1.54) is 6.07 Å². The van der Waals surface area contributed by atoms with Gasteiger partial charge in [-0.15, -0.1) is 0 Å². The molecule has 0 heterocycles. The number of hydrogen-bond acceptors (Lipinski definition) is 3. The molecule has 0 saturated heterocycles. The van der Waals surface area contributed by atoms with Crippen molar-refractivity contribution in [3.63, 3.8) is 0 Å². The molecule has 1 aromatic carbocycles. The van der Waals surface area contributed by atoms with Gasteiger partial charge in [-0.25, -0.2) is 12.8 Å². The maximum atomic E-state index is 13.2. The van der Waals surface area contributed by atoms with Crippen LogP contribution in [0.15, 0.2) is 23.1 Å². The number of halogens is 4. The normalized spacial score (nSPS) is 12.9. The van der Waals surface area contributed by atoms with Crippen LogP contribution in [0.3, 0.4) is 0 Å². The van der Waals surface area contributed by atoms with Crippen LogP contribution in [0.25, 0.3) is 0 Å². The van der Waals surface area contributed by atoms with E-state index in [0.29, 0.717) is 0 Å². The Hall–Kier alpha value is -1.19. The summed E-state index contributed by atoms with van der Waals surface area (Å²) in [5.74, 6) is -0.830. The Morgan fingerprint density at radius 1 is 1.30 bits per heavy atom. The third-order valence-corrected chi connectivity index (χ3v) is 4.37. The number of benzene rings is 1. The highest BCUT2D eigenvalue weighted by atomic mass is 32.2. The van der Waals surface area contributed by atoms with Gasteiger partial charge in [-0.1, -0.05) is 6.07 Å². The molecule has 4 nitrogen and oxygen atoms in total. The van der Waals surface area contributed by atoms with Crippen molar-refractivity contribution in [1.29, 1.82) is 0 Å². The predicted molar refractivity (Wildman–Crippen MR) is 65.0 cm³/mol. The summed E-state index contributed by atoms with van der Waals surface area (Å²) < 4.78 is 74.4. The number of alkyl halides is 3. The summed E-state index contributed by atoms with van der Waals surface area (Å²) in [4.78, 5) is -0.474. The summed E-state index contributed by atoms with van der Waals surface area (Å²) in [5, 5.41) is 2.68. The van der Waals surface area contributed by atoms with Gasteiger partial charge >= 0.3 is 6.18 Å². The highest BCUT2D eigenvalue weighted by Gasteiger charge is 2.35. The monoisotopic (exact) mass is 314 g/mol. The Morgan fingerprint density at radius 2 is 1.90 bits per heavy atom. The van der Waals surface area contributed by atoms with Crippen LogP contribution in [-0.2, 0) is 16.6 Å². The molecule has 0 fully saturated rings. The van der Waals surface area contributed by atoms with Gasteiger partial charge in [0.05, 0.1) is 4.90 Å². The van der Waals surface area contributed by atoms with E-state index in [4.69, 9.17) is 0 Å². The molecule has 0 bridgehead atoms. The lowest BCUT2D eigenvalue weighted by molar-refractivity contribution is -0.134. The van der Waals surface area contributed by atoms with Gasteiger partial charge in [0, 0.05) is 13.6 Å². The van der Waals surface area contributed by atoms with E-state index in [1.807, 2.05) is 0 Å². The number of hydrogen-bond donors (Lipinski definition) is 1. The summed E-state index contributed by atoms with van der Waals surface area (Å²) in [6, 6.07) is 2.99. The van der Waals surface area contributed by atoms with Gasteiger partial charge in [-0.2, -0.15) is 17.5 Å². The van der Waals surface area contributed by atoms with Gasteiger partial charge in [0.15, 0.2) is 0 Å². The van der Waals surface area contributed by atoms with Crippen LogP contribution in [-0.4, -0.2) is 39.5 Å². The highest BCUT2D eigenvalue weighted by Crippen LogP contribution is 2.24. The third kappa shape index (κ3) is 4.15. The molecule has 1 aromatic rings. The summed E-state index contributed by atoms with van der Waals surface area (Å²) >= 11 is 0. The lowest BCUT2D eigenvalue weighted by Crippen LogP contribution is -2.36. The van der Waals surface area contributed by atoms with Crippen LogP contribution in [0.4, 0.5) is 17.6 Å². The number of nitrogens with one attached hydrogen (secondary N) is 1. The van der Waals surface area contributed by atoms with Crippen molar-refractivity contribution >= 4 is 10.0 Å². The second-order valence-electron chi connectivity index (χ2n) is 4.16. The molecular weight excluding hydrogens is 300 g/mol. The van der Waals surface area contributed by atoms with Crippen LogP contribution >= 0.6 is 0 Å². The zero-order valence-corrected chi connectivity index (χ0v) is 11.6. The summed E-state index contributed by atoms with van der Waals surface area (Å²) in [6.07, 6.45) is -4.67. The number of rotatable bonds is 5. The first-order valence-corrected chi connectivity index (χ1v) is 6.98. The fourth-order valence-electron chi connectivity index (χ4n) is 1.61. The average Bonchev–Trinajstić information content (AvgIpc) is 2.29.